The van der Waals surface area contributed by atoms with E-state index in [4.69, 9.17) is 4.74 Å². The van der Waals surface area contributed by atoms with Crippen molar-refractivity contribution in [3.63, 3.8) is 0 Å². The van der Waals surface area contributed by atoms with Crippen molar-refractivity contribution >= 4 is 11.6 Å². The van der Waals surface area contributed by atoms with Gasteiger partial charge in [-0.15, -0.1) is 0 Å². The minimum atomic E-state index is -0.280. The molecule has 0 atom stereocenters. The van der Waals surface area contributed by atoms with Gasteiger partial charge in [-0.1, -0.05) is 12.1 Å². The molecule has 4 saturated carbocycles. The van der Waals surface area contributed by atoms with Crippen LogP contribution in [0.3, 0.4) is 0 Å². The van der Waals surface area contributed by atoms with Gasteiger partial charge >= 0.3 is 0 Å². The van der Waals surface area contributed by atoms with Crippen molar-refractivity contribution in [3.8, 4) is 17.0 Å². The highest BCUT2D eigenvalue weighted by atomic mass is 16.5. The molecule has 42 heavy (non-hydrogen) atoms. The number of pyridine rings is 1. The van der Waals surface area contributed by atoms with E-state index in [0.29, 0.717) is 12.8 Å². The van der Waals surface area contributed by atoms with Gasteiger partial charge in [0.25, 0.3) is 0 Å². The van der Waals surface area contributed by atoms with Gasteiger partial charge in [0, 0.05) is 42.1 Å². The maximum atomic E-state index is 14.3. The number of amides is 1. The number of fused-ring (bicyclic) bond motifs is 3. The third-order valence-corrected chi connectivity index (χ3v) is 10.7. The number of hydrogen-bond donors (Lipinski definition) is 1. The maximum Gasteiger partial charge on any atom is 0.230 e. The molecule has 7 nitrogen and oxygen atoms in total. The van der Waals surface area contributed by atoms with Crippen LogP contribution in [0, 0.1) is 18.3 Å². The number of methoxy groups -OCH3 is 1. The van der Waals surface area contributed by atoms with E-state index in [2.05, 4.69) is 60.0 Å². The molecular formula is C35H46N4O3. The zero-order chi connectivity index (χ0) is 29.5. The molecule has 7 rings (SSSR count). The number of benzene rings is 1. The van der Waals surface area contributed by atoms with Crippen LogP contribution in [0.4, 0.5) is 5.69 Å². The van der Waals surface area contributed by atoms with Crippen LogP contribution in [0.1, 0.15) is 95.2 Å². The molecule has 7 heteroatoms. The normalized spacial score (nSPS) is 27.3. The lowest BCUT2D eigenvalue weighted by Crippen LogP contribution is -2.51. The molecule has 4 fully saturated rings. The standard InChI is InChI=1S/C35H46N4O3/c1-24(2)39-22-27(21-37-39)31-20-29(11-18-36-31)38(33(41)26-5-8-30(40)9-6-26)23-34-12-15-35(16-13-34,17-14-34)28-7-10-32(42-4)25(3)19-28/h7,10-11,18-22,24,26,30,40H,5-6,8-9,12-17,23H2,1-4H3. The summed E-state index contributed by atoms with van der Waals surface area (Å²) >= 11 is 0. The Morgan fingerprint density at radius 1 is 1.07 bits per heavy atom. The van der Waals surface area contributed by atoms with Crippen molar-refractivity contribution in [2.24, 2.45) is 11.3 Å². The number of ether oxygens (including phenoxy) is 1. The molecule has 0 spiro atoms. The molecule has 2 heterocycles. The van der Waals surface area contributed by atoms with Gasteiger partial charge in [0.05, 0.1) is 25.1 Å². The van der Waals surface area contributed by atoms with Crippen LogP contribution in [0.15, 0.2) is 48.9 Å². The number of hydrogen-bond acceptors (Lipinski definition) is 5. The number of aliphatic hydroxyl groups is 1. The molecule has 1 N–H and O–H groups in total. The molecule has 2 aromatic heterocycles. The highest BCUT2D eigenvalue weighted by Crippen LogP contribution is 2.58. The number of aryl methyl sites for hydroxylation is 1. The number of aromatic nitrogens is 3. The Hall–Kier alpha value is -3.19. The second-order valence-corrected chi connectivity index (χ2v) is 13.6. The monoisotopic (exact) mass is 570 g/mol. The third-order valence-electron chi connectivity index (χ3n) is 10.7. The Kier molecular flexibility index (Phi) is 7.90. The average Bonchev–Trinajstić information content (AvgIpc) is 3.52. The lowest BCUT2D eigenvalue weighted by Gasteiger charge is -2.55. The predicted molar refractivity (Wildman–Crippen MR) is 166 cm³/mol. The van der Waals surface area contributed by atoms with Crippen molar-refractivity contribution in [2.45, 2.75) is 103 Å². The second kappa shape index (κ2) is 11.5. The van der Waals surface area contributed by atoms with Gasteiger partial charge in [-0.05, 0) is 125 Å². The molecule has 0 radical (unpaired) electrons. The molecule has 224 valence electrons. The number of carbonyl (C=O) groups excluding carboxylic acids is 1. The molecule has 0 unspecified atom stereocenters. The van der Waals surface area contributed by atoms with Gasteiger partial charge in [0.15, 0.2) is 0 Å². The first-order valence-corrected chi connectivity index (χ1v) is 15.9. The smallest absolute Gasteiger partial charge is 0.230 e. The fourth-order valence-corrected chi connectivity index (χ4v) is 7.81. The van der Waals surface area contributed by atoms with Crippen molar-refractivity contribution < 1.29 is 14.6 Å². The van der Waals surface area contributed by atoms with E-state index in [1.807, 2.05) is 29.3 Å². The quantitative estimate of drug-likeness (QED) is 0.315. The molecule has 1 amide bonds. The van der Waals surface area contributed by atoms with Crippen LogP contribution in [-0.2, 0) is 10.2 Å². The lowest BCUT2D eigenvalue weighted by atomic mass is 9.51. The Balaban J connectivity index is 1.27. The van der Waals surface area contributed by atoms with E-state index in [-0.39, 0.29) is 34.8 Å². The summed E-state index contributed by atoms with van der Waals surface area (Å²) in [5.41, 5.74) is 5.74. The minimum absolute atomic E-state index is 0.0429. The molecular weight excluding hydrogens is 524 g/mol. The van der Waals surface area contributed by atoms with Crippen LogP contribution in [0.25, 0.3) is 11.3 Å². The van der Waals surface area contributed by atoms with Crippen molar-refractivity contribution in [3.05, 3.63) is 60.0 Å². The first-order chi connectivity index (χ1) is 20.2. The van der Waals surface area contributed by atoms with Crippen molar-refractivity contribution in [1.29, 1.82) is 0 Å². The van der Waals surface area contributed by atoms with Gasteiger partial charge < -0.3 is 14.7 Å². The highest BCUT2D eigenvalue weighted by Gasteiger charge is 2.50. The van der Waals surface area contributed by atoms with Crippen LogP contribution in [0.5, 0.6) is 5.75 Å². The van der Waals surface area contributed by atoms with E-state index in [1.165, 1.54) is 11.1 Å². The van der Waals surface area contributed by atoms with Gasteiger partial charge in [-0.25, -0.2) is 0 Å². The van der Waals surface area contributed by atoms with Gasteiger partial charge in [-0.2, -0.15) is 5.10 Å². The van der Waals surface area contributed by atoms with Crippen molar-refractivity contribution in [2.75, 3.05) is 18.6 Å². The molecule has 4 aliphatic rings. The second-order valence-electron chi connectivity index (χ2n) is 13.6. The summed E-state index contributed by atoms with van der Waals surface area (Å²) in [7, 11) is 1.74. The van der Waals surface area contributed by atoms with Crippen LogP contribution in [-0.4, -0.2) is 45.5 Å². The Morgan fingerprint density at radius 3 is 2.40 bits per heavy atom. The van der Waals surface area contributed by atoms with E-state index >= 15 is 0 Å². The number of aliphatic hydroxyl groups excluding tert-OH is 1. The molecule has 2 bridgehead atoms. The van der Waals surface area contributed by atoms with Gasteiger partial charge in [0.2, 0.25) is 5.91 Å². The Labute approximate surface area is 250 Å². The largest absolute Gasteiger partial charge is 0.496 e. The minimum Gasteiger partial charge on any atom is -0.496 e. The molecule has 3 aromatic rings. The maximum absolute atomic E-state index is 14.3. The highest BCUT2D eigenvalue weighted by molar-refractivity contribution is 5.95. The first kappa shape index (κ1) is 28.9. The zero-order valence-corrected chi connectivity index (χ0v) is 25.7. The molecule has 1 aromatic carbocycles. The summed E-state index contributed by atoms with van der Waals surface area (Å²) < 4.78 is 7.48. The summed E-state index contributed by atoms with van der Waals surface area (Å²) in [4.78, 5) is 21.0. The topological polar surface area (TPSA) is 80.5 Å². The Bertz CT molecular complexity index is 1400. The lowest BCUT2D eigenvalue weighted by molar-refractivity contribution is -0.124. The molecule has 4 aliphatic carbocycles. The Morgan fingerprint density at radius 2 is 1.79 bits per heavy atom. The van der Waals surface area contributed by atoms with Gasteiger partial charge in [0.1, 0.15) is 5.75 Å². The fourth-order valence-electron chi connectivity index (χ4n) is 7.81. The fraction of sp³-hybridized carbons (Fsp3) is 0.571. The van der Waals surface area contributed by atoms with Crippen molar-refractivity contribution in [1.82, 2.24) is 14.8 Å². The number of anilines is 1. The van der Waals surface area contributed by atoms with Crippen LogP contribution in [0.2, 0.25) is 0 Å². The summed E-state index contributed by atoms with van der Waals surface area (Å²) in [6.45, 7) is 7.11. The van der Waals surface area contributed by atoms with E-state index in [9.17, 15) is 9.90 Å². The number of nitrogens with zero attached hydrogens (tertiary/aromatic N) is 4. The van der Waals surface area contributed by atoms with E-state index in [1.54, 1.807) is 7.11 Å². The van der Waals surface area contributed by atoms with Crippen LogP contribution >= 0.6 is 0 Å². The summed E-state index contributed by atoms with van der Waals surface area (Å²) in [6, 6.07) is 11.1. The zero-order valence-electron chi connectivity index (χ0n) is 25.7. The first-order valence-electron chi connectivity index (χ1n) is 15.9. The predicted octanol–water partition coefficient (Wildman–Crippen LogP) is 7.02. The summed E-state index contributed by atoms with van der Waals surface area (Å²) in [5.74, 6) is 1.12. The SMILES string of the molecule is COc1ccc(C23CCC(CN(C(=O)C4CCC(O)CC4)c4ccnc(-c5cnn(C(C)C)c5)c4)(CC2)CC3)cc1C. The average molecular weight is 571 g/mol. The van der Waals surface area contributed by atoms with E-state index in [0.717, 1.165) is 80.6 Å². The summed E-state index contributed by atoms with van der Waals surface area (Å²) in [5, 5.41) is 14.6. The number of carbonyl (C=O) groups is 1. The van der Waals surface area contributed by atoms with Crippen LogP contribution < -0.4 is 9.64 Å². The molecule has 0 aliphatic heterocycles. The van der Waals surface area contributed by atoms with E-state index < -0.39 is 0 Å². The number of rotatable bonds is 8. The summed E-state index contributed by atoms with van der Waals surface area (Å²) in [6.07, 6.45) is 15.2. The molecule has 0 saturated heterocycles. The van der Waals surface area contributed by atoms with Gasteiger partial charge in [-0.3, -0.25) is 14.5 Å². The third kappa shape index (κ3) is 5.48.